The molecule has 7 nitrogen and oxygen atoms in total. The zero-order chi connectivity index (χ0) is 31.9. The van der Waals surface area contributed by atoms with Crippen molar-refractivity contribution >= 4 is 51.1 Å². The fraction of sp³-hybridized carbons (Fsp3) is 1.00. The van der Waals surface area contributed by atoms with Crippen LogP contribution in [-0.2, 0) is 29.7 Å². The average Bonchev–Trinajstić information content (AvgIpc) is 3.55. The molecule has 0 aromatic heterocycles. The van der Waals surface area contributed by atoms with Crippen LogP contribution >= 0.6 is 0 Å². The first-order chi connectivity index (χ1) is 19.2. The van der Waals surface area contributed by atoms with E-state index in [1.54, 1.807) is 0 Å². The van der Waals surface area contributed by atoms with Crippen LogP contribution in [0.4, 0.5) is 0 Å². The van der Waals surface area contributed by atoms with E-state index >= 15 is 0 Å². The highest BCUT2D eigenvalue weighted by molar-refractivity contribution is 6.91. The molecule has 42 heavy (non-hydrogen) atoms. The van der Waals surface area contributed by atoms with Gasteiger partial charge in [-0.3, -0.25) is 0 Å². The average molecular weight is 697 g/mol. The monoisotopic (exact) mass is 696 g/mol. The molecule has 0 aromatic rings. The number of epoxide rings is 1. The van der Waals surface area contributed by atoms with Gasteiger partial charge in [-0.1, -0.05) is 45.4 Å². The Balaban J connectivity index is 2.32. The summed E-state index contributed by atoms with van der Waals surface area (Å²) in [5, 5.41) is 0. The van der Waals surface area contributed by atoms with Gasteiger partial charge in [0.05, 0.1) is 12.2 Å². The minimum Gasteiger partial charge on any atom is -0.437 e. The van der Waals surface area contributed by atoms with E-state index in [2.05, 4.69) is 78.9 Å². The number of unbranched alkanes of at least 4 members (excludes halogenated alkanes) is 5. The lowest BCUT2D eigenvalue weighted by molar-refractivity contribution is 0.157. The van der Waals surface area contributed by atoms with Gasteiger partial charge in [0.2, 0.25) is 0 Å². The van der Waals surface area contributed by atoms with Crippen LogP contribution in [0.3, 0.4) is 0 Å². The summed E-state index contributed by atoms with van der Waals surface area (Å²) in [5.74, 6) is 0.682. The predicted molar refractivity (Wildman–Crippen MR) is 190 cm³/mol. The molecule has 1 heterocycles. The first-order valence-corrected chi connectivity index (χ1v) is 33.9. The molecular weight excluding hydrogens is 629 g/mol. The zero-order valence-corrected chi connectivity index (χ0v) is 35.8. The van der Waals surface area contributed by atoms with Crippen molar-refractivity contribution < 1.29 is 29.7 Å². The van der Waals surface area contributed by atoms with Gasteiger partial charge in [0.25, 0.3) is 0 Å². The highest BCUT2D eigenvalue weighted by atomic mass is 28.5. The van der Waals surface area contributed by atoms with Crippen molar-refractivity contribution in [2.45, 2.75) is 174 Å². The standard InChI is InChI=1S/C29H68O7Si6/c1-14-16-17-18-19-20-24-40(11,36-42(13,30-15-2)33-38(6,7)8)35-41(12,34-39(9,10)32-37(3,4)5)25-23-27-21-22-28-29(26-27)31-28/h27-29H,14-26H2,1-13H3. The third-order valence-electron chi connectivity index (χ3n) is 7.85. The summed E-state index contributed by atoms with van der Waals surface area (Å²) in [4.78, 5) is 0. The van der Waals surface area contributed by atoms with Crippen LogP contribution in [0, 0.1) is 5.92 Å². The summed E-state index contributed by atoms with van der Waals surface area (Å²) in [7, 11) is -14.5. The van der Waals surface area contributed by atoms with E-state index in [4.69, 9.17) is 29.7 Å². The van der Waals surface area contributed by atoms with Crippen LogP contribution in [0.5, 0.6) is 0 Å². The van der Waals surface area contributed by atoms with E-state index in [-0.39, 0.29) is 0 Å². The SMILES string of the molecule is CCCCCCCC[Si](C)(O[Si](C)(CCC1CCC2OC2C1)O[Si](C)(C)O[Si](C)(C)C)O[Si](C)(OCC)O[Si](C)(C)C. The fourth-order valence-electron chi connectivity index (χ4n) is 6.71. The van der Waals surface area contributed by atoms with Gasteiger partial charge >= 0.3 is 34.5 Å². The Labute approximate surface area is 266 Å². The minimum absolute atomic E-state index is 0.492. The highest BCUT2D eigenvalue weighted by Crippen LogP contribution is 2.42. The molecule has 1 saturated heterocycles. The summed E-state index contributed by atoms with van der Waals surface area (Å²) in [6.07, 6.45) is 13.2. The van der Waals surface area contributed by atoms with Crippen LogP contribution < -0.4 is 0 Å². The van der Waals surface area contributed by atoms with Crippen molar-refractivity contribution in [1.29, 1.82) is 0 Å². The third-order valence-corrected chi connectivity index (χ3v) is 29.8. The molecule has 6 atom stereocenters. The molecule has 0 aromatic carbocycles. The predicted octanol–water partition coefficient (Wildman–Crippen LogP) is 9.51. The number of ether oxygens (including phenoxy) is 1. The van der Waals surface area contributed by atoms with Crippen molar-refractivity contribution in [1.82, 2.24) is 0 Å². The van der Waals surface area contributed by atoms with E-state index in [9.17, 15) is 0 Å². The molecular formula is C29H68O7Si6. The maximum absolute atomic E-state index is 7.45. The Morgan fingerprint density at radius 3 is 1.76 bits per heavy atom. The number of fused-ring (bicyclic) bond motifs is 1. The van der Waals surface area contributed by atoms with E-state index in [0.29, 0.717) is 24.7 Å². The van der Waals surface area contributed by atoms with Crippen LogP contribution in [0.15, 0.2) is 0 Å². The van der Waals surface area contributed by atoms with Crippen LogP contribution in [-0.4, -0.2) is 69.9 Å². The molecule has 2 rings (SSSR count). The molecule has 13 heteroatoms. The van der Waals surface area contributed by atoms with Gasteiger partial charge in [0.15, 0.2) is 16.6 Å². The molecule has 2 aliphatic rings. The number of hydrogen-bond acceptors (Lipinski definition) is 7. The highest BCUT2D eigenvalue weighted by Gasteiger charge is 2.53. The number of hydrogen-bond donors (Lipinski definition) is 0. The summed E-state index contributed by atoms with van der Waals surface area (Å²) >= 11 is 0. The lowest BCUT2D eigenvalue weighted by Crippen LogP contribution is -2.63. The summed E-state index contributed by atoms with van der Waals surface area (Å²) in [6.45, 7) is 29.4. The topological polar surface area (TPSA) is 67.9 Å². The van der Waals surface area contributed by atoms with Crippen molar-refractivity contribution in [2.24, 2.45) is 5.92 Å². The van der Waals surface area contributed by atoms with Gasteiger partial charge in [0.1, 0.15) is 0 Å². The second-order valence-corrected chi connectivity index (χ2v) is 38.5. The first-order valence-electron chi connectivity index (χ1n) is 17.0. The quantitative estimate of drug-likeness (QED) is 0.0635. The van der Waals surface area contributed by atoms with Gasteiger partial charge in [-0.2, -0.15) is 0 Å². The maximum Gasteiger partial charge on any atom is 0.478 e. The van der Waals surface area contributed by atoms with Gasteiger partial charge in [-0.25, -0.2) is 0 Å². The third kappa shape index (κ3) is 15.5. The Kier molecular flexibility index (Phi) is 15.1. The fourth-order valence-corrected chi connectivity index (χ4v) is 34.6. The molecule has 0 bridgehead atoms. The van der Waals surface area contributed by atoms with Gasteiger partial charge in [-0.15, -0.1) is 0 Å². The molecule has 6 unspecified atom stereocenters. The first kappa shape index (κ1) is 39.2. The normalized spacial score (nSPS) is 25.8. The summed E-state index contributed by atoms with van der Waals surface area (Å²) in [5.41, 5.74) is 0. The number of rotatable bonds is 22. The largest absolute Gasteiger partial charge is 0.478 e. The van der Waals surface area contributed by atoms with Crippen molar-refractivity contribution in [2.75, 3.05) is 6.61 Å². The Morgan fingerprint density at radius 2 is 1.19 bits per heavy atom. The molecule has 0 radical (unpaired) electrons. The lowest BCUT2D eigenvalue weighted by atomic mass is 9.88. The minimum atomic E-state index is -2.92. The molecule has 1 aliphatic heterocycles. The molecule has 1 saturated carbocycles. The molecule has 1 aliphatic carbocycles. The molecule has 0 spiro atoms. The van der Waals surface area contributed by atoms with E-state index in [0.717, 1.165) is 24.9 Å². The Morgan fingerprint density at radius 1 is 0.595 bits per heavy atom. The summed E-state index contributed by atoms with van der Waals surface area (Å²) < 4.78 is 47.4. The van der Waals surface area contributed by atoms with Crippen molar-refractivity contribution in [3.05, 3.63) is 0 Å². The zero-order valence-electron chi connectivity index (χ0n) is 29.8. The second-order valence-electron chi connectivity index (χ2n) is 15.6. The van der Waals surface area contributed by atoms with Crippen molar-refractivity contribution in [3.8, 4) is 0 Å². The molecule has 250 valence electrons. The van der Waals surface area contributed by atoms with E-state index in [1.807, 2.05) is 6.92 Å². The van der Waals surface area contributed by atoms with Crippen LogP contribution in [0.1, 0.15) is 78.1 Å². The van der Waals surface area contributed by atoms with E-state index < -0.39 is 51.1 Å². The Hall–Kier alpha value is 1.02. The Bertz CT molecular complexity index is 810. The molecule has 0 amide bonds. The van der Waals surface area contributed by atoms with Gasteiger partial charge < -0.3 is 29.7 Å². The smallest absolute Gasteiger partial charge is 0.437 e. The van der Waals surface area contributed by atoms with E-state index in [1.165, 1.54) is 51.4 Å². The molecule has 2 fully saturated rings. The van der Waals surface area contributed by atoms with Gasteiger partial charge in [-0.05, 0) is 116 Å². The lowest BCUT2D eigenvalue weighted by Gasteiger charge is -2.45. The van der Waals surface area contributed by atoms with Crippen molar-refractivity contribution in [3.63, 3.8) is 0 Å². The van der Waals surface area contributed by atoms with Crippen LogP contribution in [0.2, 0.25) is 84.1 Å². The van der Waals surface area contributed by atoms with Crippen LogP contribution in [0.25, 0.3) is 0 Å². The molecule has 0 N–H and O–H groups in total. The maximum atomic E-state index is 7.45. The summed E-state index contributed by atoms with van der Waals surface area (Å²) in [6, 6.07) is 1.90. The van der Waals surface area contributed by atoms with Gasteiger partial charge in [0, 0.05) is 13.2 Å². The second kappa shape index (κ2) is 16.2.